The van der Waals surface area contributed by atoms with Gasteiger partial charge in [-0.15, -0.1) is 0 Å². The van der Waals surface area contributed by atoms with Crippen molar-refractivity contribution in [2.75, 3.05) is 12.4 Å². The van der Waals surface area contributed by atoms with Gasteiger partial charge in [-0.1, -0.05) is 37.0 Å². The monoisotopic (exact) mass is 489 g/mol. The third-order valence-corrected chi connectivity index (χ3v) is 10.2. The van der Waals surface area contributed by atoms with Gasteiger partial charge in [0.1, 0.15) is 5.15 Å². The summed E-state index contributed by atoms with van der Waals surface area (Å²) in [5.41, 5.74) is 1.90. The number of nitrogens with zero attached hydrogens (tertiary/aromatic N) is 2. The maximum Gasteiger partial charge on any atom is 0.226 e. The quantitative estimate of drug-likeness (QED) is 0.511. The summed E-state index contributed by atoms with van der Waals surface area (Å²) in [6.45, 7) is 4.75. The number of carbonyl (C=O) groups is 2. The molecule has 0 bridgehead atoms. The van der Waals surface area contributed by atoms with Gasteiger partial charge in [0.25, 0.3) is 0 Å². The number of fused-ring (bicyclic) bond motifs is 5. The molecule has 7 heteroatoms. The predicted octanol–water partition coefficient (Wildman–Crippen LogP) is 6.23. The van der Waals surface area contributed by atoms with Crippen LogP contribution in [0, 0.1) is 34.5 Å². The van der Waals surface area contributed by atoms with Crippen molar-refractivity contribution < 1.29 is 9.59 Å². The number of anilines is 1. The average molecular weight is 490 g/mol. The molecule has 2 heterocycles. The number of halogens is 2. The third kappa shape index (κ3) is 3.70. The van der Waals surface area contributed by atoms with Crippen molar-refractivity contribution in [2.24, 2.45) is 34.5 Å². The molecule has 1 N–H and O–H groups in total. The van der Waals surface area contributed by atoms with Crippen molar-refractivity contribution in [3.63, 3.8) is 0 Å². The molecule has 2 saturated carbocycles. The fourth-order valence-corrected chi connectivity index (χ4v) is 8.74. The van der Waals surface area contributed by atoms with E-state index in [1.165, 1.54) is 0 Å². The van der Waals surface area contributed by atoms with Gasteiger partial charge in [0.2, 0.25) is 11.8 Å². The molecule has 178 valence electrons. The van der Waals surface area contributed by atoms with Crippen LogP contribution in [-0.4, -0.2) is 28.7 Å². The molecule has 3 aliphatic carbocycles. The number of hydrogen-bond acceptors (Lipinski definition) is 3. The van der Waals surface area contributed by atoms with Crippen molar-refractivity contribution in [2.45, 2.75) is 65.2 Å². The van der Waals surface area contributed by atoms with Crippen LogP contribution < -0.4 is 5.32 Å². The first-order valence-corrected chi connectivity index (χ1v) is 13.0. The molecule has 5 nitrogen and oxygen atoms in total. The van der Waals surface area contributed by atoms with E-state index in [1.54, 1.807) is 18.3 Å². The Labute approximate surface area is 206 Å². The Morgan fingerprint density at radius 2 is 2.00 bits per heavy atom. The largest absolute Gasteiger partial charge is 0.326 e. The van der Waals surface area contributed by atoms with Crippen LogP contribution in [-0.2, 0) is 9.59 Å². The topological polar surface area (TPSA) is 62.3 Å². The van der Waals surface area contributed by atoms with Gasteiger partial charge in [-0.2, -0.15) is 0 Å². The molecule has 1 saturated heterocycles. The minimum Gasteiger partial charge on any atom is -0.326 e. The number of carbonyl (C=O) groups excluding carboxylic acids is 2. The van der Waals surface area contributed by atoms with Crippen LogP contribution in [0.3, 0.4) is 0 Å². The van der Waals surface area contributed by atoms with Crippen molar-refractivity contribution in [3.8, 4) is 0 Å². The number of pyridine rings is 1. The van der Waals surface area contributed by atoms with Gasteiger partial charge in [-0.3, -0.25) is 9.59 Å². The van der Waals surface area contributed by atoms with Crippen LogP contribution in [0.5, 0.6) is 0 Å². The zero-order chi connectivity index (χ0) is 23.5. The Bertz CT molecular complexity index is 1030. The summed E-state index contributed by atoms with van der Waals surface area (Å²) in [6.07, 6.45) is 9.02. The summed E-state index contributed by atoms with van der Waals surface area (Å²) in [6, 6.07) is 3.46. The van der Waals surface area contributed by atoms with Gasteiger partial charge < -0.3 is 10.2 Å². The van der Waals surface area contributed by atoms with E-state index in [0.29, 0.717) is 47.4 Å². The predicted molar refractivity (Wildman–Crippen MR) is 131 cm³/mol. The molecule has 33 heavy (non-hydrogen) atoms. The number of hydrogen-bond donors (Lipinski definition) is 1. The van der Waals surface area contributed by atoms with E-state index in [-0.39, 0.29) is 22.6 Å². The Kier molecular flexibility index (Phi) is 5.80. The van der Waals surface area contributed by atoms with Crippen LogP contribution in [0.25, 0.3) is 0 Å². The van der Waals surface area contributed by atoms with Crippen molar-refractivity contribution in [1.82, 2.24) is 9.88 Å². The molecule has 6 atom stereocenters. The Morgan fingerprint density at radius 1 is 1.21 bits per heavy atom. The molecule has 1 aromatic heterocycles. The van der Waals surface area contributed by atoms with Crippen molar-refractivity contribution >= 4 is 40.7 Å². The van der Waals surface area contributed by atoms with E-state index in [4.69, 9.17) is 23.2 Å². The second-order valence-corrected chi connectivity index (χ2v) is 12.0. The van der Waals surface area contributed by atoms with E-state index in [0.717, 1.165) is 49.3 Å². The molecule has 2 amide bonds. The molecular weight excluding hydrogens is 457 g/mol. The number of rotatable bonds is 3. The van der Waals surface area contributed by atoms with E-state index in [2.05, 4.69) is 24.1 Å². The van der Waals surface area contributed by atoms with E-state index >= 15 is 0 Å². The fourth-order valence-electron chi connectivity index (χ4n) is 8.04. The summed E-state index contributed by atoms with van der Waals surface area (Å²) < 4.78 is 0. The van der Waals surface area contributed by atoms with Gasteiger partial charge in [-0.25, -0.2) is 4.98 Å². The van der Waals surface area contributed by atoms with Crippen molar-refractivity contribution in [3.05, 3.63) is 34.2 Å². The number of aromatic nitrogens is 1. The molecule has 0 aromatic carbocycles. The van der Waals surface area contributed by atoms with Crippen molar-refractivity contribution in [1.29, 1.82) is 0 Å². The van der Waals surface area contributed by atoms with E-state index < -0.39 is 0 Å². The molecule has 4 aliphatic rings. The number of likely N-dealkylation sites (tertiary alicyclic amines) is 1. The Hall–Kier alpha value is -1.59. The smallest absolute Gasteiger partial charge is 0.226 e. The lowest BCUT2D eigenvalue weighted by Gasteiger charge is -2.59. The molecular formula is C26H33Cl2N3O2. The molecule has 0 unspecified atom stereocenters. The highest BCUT2D eigenvalue weighted by Crippen LogP contribution is 2.67. The second kappa shape index (κ2) is 8.27. The number of amides is 2. The molecule has 3 fully saturated rings. The zero-order valence-electron chi connectivity index (χ0n) is 19.7. The molecule has 0 radical (unpaired) electrons. The van der Waals surface area contributed by atoms with Gasteiger partial charge in [0.15, 0.2) is 0 Å². The highest BCUT2D eigenvalue weighted by Gasteiger charge is 2.60. The minimum absolute atomic E-state index is 0.0277. The first-order valence-electron chi connectivity index (χ1n) is 12.2. The summed E-state index contributed by atoms with van der Waals surface area (Å²) in [7, 11) is 1.89. The summed E-state index contributed by atoms with van der Waals surface area (Å²) in [5, 5.41) is 4.27. The maximum atomic E-state index is 12.9. The molecule has 1 aliphatic heterocycles. The molecule has 0 spiro atoms. The van der Waals surface area contributed by atoms with Gasteiger partial charge >= 0.3 is 0 Å². The Balaban J connectivity index is 1.35. The SMILES string of the molecule is CN1C(=O)CC[C@@]2(C)C1=C(Cl)C[C@H]1[C@@H]3CC[C@H](CC(=O)Nc4ccnc(Cl)c4)[C@@]3(C)CC[C@@H]12. The summed E-state index contributed by atoms with van der Waals surface area (Å²) in [4.78, 5) is 31.1. The minimum atomic E-state index is -0.0277. The van der Waals surface area contributed by atoms with Crippen LogP contribution in [0.1, 0.15) is 65.2 Å². The van der Waals surface area contributed by atoms with Gasteiger partial charge in [0, 0.05) is 47.9 Å². The van der Waals surface area contributed by atoms with Crippen LogP contribution >= 0.6 is 23.2 Å². The lowest BCUT2D eigenvalue weighted by molar-refractivity contribution is -0.136. The average Bonchev–Trinajstić information content (AvgIpc) is 3.07. The van der Waals surface area contributed by atoms with Crippen LogP contribution in [0.4, 0.5) is 5.69 Å². The highest BCUT2D eigenvalue weighted by molar-refractivity contribution is 6.30. The number of allylic oxidation sites excluding steroid dienone is 2. The van der Waals surface area contributed by atoms with Gasteiger partial charge in [-0.05, 0) is 79.7 Å². The lowest BCUT2D eigenvalue weighted by Crippen LogP contribution is -2.54. The normalized spacial score (nSPS) is 38.0. The molecule has 5 rings (SSSR count). The lowest BCUT2D eigenvalue weighted by atomic mass is 9.49. The molecule has 1 aromatic rings. The highest BCUT2D eigenvalue weighted by atomic mass is 35.5. The number of piperidine rings is 1. The Morgan fingerprint density at radius 3 is 2.76 bits per heavy atom. The first kappa shape index (κ1) is 23.2. The fraction of sp³-hybridized carbons (Fsp3) is 0.654. The van der Waals surface area contributed by atoms with Gasteiger partial charge in [0.05, 0.1) is 0 Å². The van der Waals surface area contributed by atoms with E-state index in [9.17, 15) is 9.59 Å². The number of nitrogens with one attached hydrogen (secondary N) is 1. The zero-order valence-corrected chi connectivity index (χ0v) is 21.2. The summed E-state index contributed by atoms with van der Waals surface area (Å²) >= 11 is 12.9. The third-order valence-electron chi connectivity index (χ3n) is 9.67. The summed E-state index contributed by atoms with van der Waals surface area (Å²) in [5.74, 6) is 2.25. The van der Waals surface area contributed by atoms with E-state index in [1.807, 2.05) is 11.9 Å². The maximum absolute atomic E-state index is 12.9. The first-order chi connectivity index (χ1) is 15.6. The van der Waals surface area contributed by atoms with Crippen LogP contribution in [0.15, 0.2) is 29.1 Å². The second-order valence-electron chi connectivity index (χ2n) is 11.1. The van der Waals surface area contributed by atoms with Crippen LogP contribution in [0.2, 0.25) is 5.15 Å². The standard InChI is InChI=1S/C26H33Cl2N3O2/c1-25-9-6-19-17(14-20(27)24-26(19,2)10-7-23(33)31(24)3)18(25)5-4-15(25)12-22(32)30-16-8-11-29-21(28)13-16/h8,11,13,15,17-19H,4-7,9-10,12,14H2,1-3H3,(H,29,30,32)/t15-,17+,18+,19+,25-,26-/m1/s1.